The highest BCUT2D eigenvalue weighted by molar-refractivity contribution is 5.69. The van der Waals surface area contributed by atoms with Crippen LogP contribution in [0.15, 0.2) is 12.2 Å². The Hall–Kier alpha value is -0.870. The SMILES string of the molecule is CCCCCCC/C=C\CCCCCCCC(=O)OC(CO)COCCCCCCCCCCCCCCCCC. The smallest absolute Gasteiger partial charge is 0.306 e. The van der Waals surface area contributed by atoms with E-state index in [9.17, 15) is 9.90 Å². The molecule has 0 amide bonds. The maximum Gasteiger partial charge on any atom is 0.306 e. The van der Waals surface area contributed by atoms with Gasteiger partial charge in [0.05, 0.1) is 13.2 Å². The molecule has 41 heavy (non-hydrogen) atoms. The lowest BCUT2D eigenvalue weighted by Gasteiger charge is -2.15. The van der Waals surface area contributed by atoms with Gasteiger partial charge in [0.2, 0.25) is 0 Å². The van der Waals surface area contributed by atoms with Crippen molar-refractivity contribution < 1.29 is 19.4 Å². The summed E-state index contributed by atoms with van der Waals surface area (Å²) in [5, 5.41) is 9.54. The average molecular weight is 581 g/mol. The fourth-order valence-corrected chi connectivity index (χ4v) is 5.32. The van der Waals surface area contributed by atoms with Crippen LogP contribution in [0.1, 0.15) is 194 Å². The van der Waals surface area contributed by atoms with Crippen LogP contribution in [0, 0.1) is 0 Å². The van der Waals surface area contributed by atoms with E-state index >= 15 is 0 Å². The maximum atomic E-state index is 12.1. The van der Waals surface area contributed by atoms with Crippen LogP contribution < -0.4 is 0 Å². The second kappa shape index (κ2) is 35.3. The third-order valence-corrected chi connectivity index (χ3v) is 8.09. The topological polar surface area (TPSA) is 55.8 Å². The molecule has 0 heterocycles. The molecule has 1 unspecified atom stereocenters. The zero-order valence-corrected chi connectivity index (χ0v) is 27.8. The quantitative estimate of drug-likeness (QED) is 0.0467. The lowest BCUT2D eigenvalue weighted by molar-refractivity contribution is -0.154. The summed E-state index contributed by atoms with van der Waals surface area (Å²) in [6, 6.07) is 0. The summed E-state index contributed by atoms with van der Waals surface area (Å²) in [7, 11) is 0. The van der Waals surface area contributed by atoms with Crippen LogP contribution in [0.4, 0.5) is 0 Å². The summed E-state index contributed by atoms with van der Waals surface area (Å²) in [5.41, 5.74) is 0. The molecule has 0 aromatic rings. The Morgan fingerprint density at radius 3 is 1.39 bits per heavy atom. The number of ether oxygens (including phenoxy) is 2. The van der Waals surface area contributed by atoms with Gasteiger partial charge in [-0.2, -0.15) is 0 Å². The zero-order chi connectivity index (χ0) is 29.9. The first-order valence-corrected chi connectivity index (χ1v) is 18.3. The molecule has 0 aromatic carbocycles. The van der Waals surface area contributed by atoms with E-state index in [1.54, 1.807) is 0 Å². The minimum atomic E-state index is -0.530. The second-order valence-electron chi connectivity index (χ2n) is 12.3. The highest BCUT2D eigenvalue weighted by Gasteiger charge is 2.13. The second-order valence-corrected chi connectivity index (χ2v) is 12.3. The summed E-state index contributed by atoms with van der Waals surface area (Å²) < 4.78 is 11.1. The predicted octanol–water partition coefficient (Wildman–Crippen LogP) is 11.4. The van der Waals surface area contributed by atoms with Crippen molar-refractivity contribution in [2.45, 2.75) is 200 Å². The molecule has 0 radical (unpaired) electrons. The number of esters is 1. The lowest BCUT2D eigenvalue weighted by Crippen LogP contribution is -2.27. The Bertz CT molecular complexity index is 533. The Labute approximate surface area is 256 Å². The largest absolute Gasteiger partial charge is 0.457 e. The molecule has 0 fully saturated rings. The molecule has 0 aliphatic rings. The Morgan fingerprint density at radius 1 is 0.561 bits per heavy atom. The fraction of sp³-hybridized carbons (Fsp3) is 0.919. The summed E-state index contributed by atoms with van der Waals surface area (Å²) in [6.07, 6.45) is 39.6. The van der Waals surface area contributed by atoms with Gasteiger partial charge in [-0.3, -0.25) is 4.79 Å². The monoisotopic (exact) mass is 581 g/mol. The molecular weight excluding hydrogens is 508 g/mol. The molecule has 0 spiro atoms. The van der Waals surface area contributed by atoms with Crippen molar-refractivity contribution in [2.75, 3.05) is 19.8 Å². The first-order valence-electron chi connectivity index (χ1n) is 18.3. The Morgan fingerprint density at radius 2 is 0.951 bits per heavy atom. The average Bonchev–Trinajstić information content (AvgIpc) is 2.98. The van der Waals surface area contributed by atoms with E-state index in [0.29, 0.717) is 19.6 Å². The number of hydrogen-bond acceptors (Lipinski definition) is 4. The van der Waals surface area contributed by atoms with E-state index in [4.69, 9.17) is 9.47 Å². The molecule has 4 nitrogen and oxygen atoms in total. The number of carbonyl (C=O) groups is 1. The highest BCUT2D eigenvalue weighted by atomic mass is 16.6. The number of unbranched alkanes of at least 4 members (excludes halogenated alkanes) is 24. The lowest BCUT2D eigenvalue weighted by atomic mass is 10.0. The van der Waals surface area contributed by atoms with Crippen molar-refractivity contribution >= 4 is 5.97 Å². The molecule has 1 N–H and O–H groups in total. The molecule has 0 saturated heterocycles. The van der Waals surface area contributed by atoms with Crippen LogP contribution >= 0.6 is 0 Å². The molecule has 1 atom stereocenters. The van der Waals surface area contributed by atoms with Crippen molar-refractivity contribution in [1.29, 1.82) is 0 Å². The maximum absolute atomic E-state index is 12.1. The summed E-state index contributed by atoms with van der Waals surface area (Å²) >= 11 is 0. The molecule has 0 rings (SSSR count). The van der Waals surface area contributed by atoms with Crippen LogP contribution in [0.3, 0.4) is 0 Å². The first kappa shape index (κ1) is 40.1. The zero-order valence-electron chi connectivity index (χ0n) is 27.8. The number of carbonyl (C=O) groups excluding carboxylic acids is 1. The molecule has 0 bridgehead atoms. The minimum absolute atomic E-state index is 0.170. The normalized spacial score (nSPS) is 12.4. The van der Waals surface area contributed by atoms with Gasteiger partial charge in [0.25, 0.3) is 0 Å². The van der Waals surface area contributed by atoms with Gasteiger partial charge in [-0.15, -0.1) is 0 Å². The molecule has 244 valence electrons. The van der Waals surface area contributed by atoms with E-state index in [1.807, 2.05) is 0 Å². The van der Waals surface area contributed by atoms with E-state index in [1.165, 1.54) is 154 Å². The highest BCUT2D eigenvalue weighted by Crippen LogP contribution is 2.14. The van der Waals surface area contributed by atoms with Crippen LogP contribution in [-0.2, 0) is 14.3 Å². The molecule has 0 aliphatic heterocycles. The molecule has 0 aliphatic carbocycles. The molecule has 4 heteroatoms. The van der Waals surface area contributed by atoms with Gasteiger partial charge < -0.3 is 14.6 Å². The summed E-state index contributed by atoms with van der Waals surface area (Å²) in [5.74, 6) is -0.207. The third kappa shape index (κ3) is 33.5. The number of aliphatic hydroxyl groups excluding tert-OH is 1. The van der Waals surface area contributed by atoms with Gasteiger partial charge >= 0.3 is 5.97 Å². The van der Waals surface area contributed by atoms with Crippen molar-refractivity contribution in [2.24, 2.45) is 0 Å². The van der Waals surface area contributed by atoms with E-state index in [0.717, 1.165) is 19.3 Å². The Balaban J connectivity index is 3.42. The minimum Gasteiger partial charge on any atom is -0.457 e. The predicted molar refractivity (Wildman–Crippen MR) is 178 cm³/mol. The standard InChI is InChI=1S/C37H72O4/c1-3-5-7-9-11-13-15-17-19-21-23-25-27-29-31-33-40-35-36(34-38)41-37(39)32-30-28-26-24-22-20-18-16-14-12-10-8-6-4-2/h16,18,36,38H,3-15,17,19-35H2,1-2H3/b18-16-. The number of rotatable bonds is 34. The molecule has 0 aromatic heterocycles. The summed E-state index contributed by atoms with van der Waals surface area (Å²) in [6.45, 7) is 5.35. The van der Waals surface area contributed by atoms with E-state index in [-0.39, 0.29) is 12.6 Å². The number of aliphatic hydroxyl groups is 1. The fourth-order valence-electron chi connectivity index (χ4n) is 5.32. The number of hydrogen-bond donors (Lipinski definition) is 1. The Kier molecular flexibility index (Phi) is 34.6. The first-order chi connectivity index (χ1) is 20.2. The van der Waals surface area contributed by atoms with Gasteiger partial charge in [0.15, 0.2) is 0 Å². The van der Waals surface area contributed by atoms with E-state index in [2.05, 4.69) is 26.0 Å². The summed E-state index contributed by atoms with van der Waals surface area (Å²) in [4.78, 5) is 12.1. The van der Waals surface area contributed by atoms with Crippen molar-refractivity contribution in [3.63, 3.8) is 0 Å². The van der Waals surface area contributed by atoms with Gasteiger partial charge in [-0.25, -0.2) is 0 Å². The molecule has 0 saturated carbocycles. The number of allylic oxidation sites excluding steroid dienone is 2. The van der Waals surface area contributed by atoms with E-state index < -0.39 is 6.10 Å². The third-order valence-electron chi connectivity index (χ3n) is 8.09. The molecular formula is C37H72O4. The van der Waals surface area contributed by atoms with Crippen LogP contribution in [-0.4, -0.2) is 37.0 Å². The van der Waals surface area contributed by atoms with Crippen LogP contribution in [0.2, 0.25) is 0 Å². The van der Waals surface area contributed by atoms with Gasteiger partial charge in [-0.1, -0.05) is 161 Å². The van der Waals surface area contributed by atoms with Crippen LogP contribution in [0.5, 0.6) is 0 Å². The van der Waals surface area contributed by atoms with Crippen molar-refractivity contribution in [3.8, 4) is 0 Å². The van der Waals surface area contributed by atoms with Gasteiger partial charge in [0, 0.05) is 13.0 Å². The van der Waals surface area contributed by atoms with Crippen molar-refractivity contribution in [3.05, 3.63) is 12.2 Å². The van der Waals surface area contributed by atoms with Crippen molar-refractivity contribution in [1.82, 2.24) is 0 Å². The van der Waals surface area contributed by atoms with Gasteiger partial charge in [0.1, 0.15) is 6.10 Å². The van der Waals surface area contributed by atoms with Crippen LogP contribution in [0.25, 0.3) is 0 Å². The van der Waals surface area contributed by atoms with Gasteiger partial charge in [-0.05, 0) is 38.5 Å².